The van der Waals surface area contributed by atoms with E-state index in [4.69, 9.17) is 14.2 Å². The molecule has 0 aromatic heterocycles. The lowest BCUT2D eigenvalue weighted by Crippen LogP contribution is -2.36. The number of alkyl carbamates (subject to hydrolysis) is 1. The fourth-order valence-corrected chi connectivity index (χ4v) is 0.797. The summed E-state index contributed by atoms with van der Waals surface area (Å²) in [6, 6.07) is 0. The van der Waals surface area contributed by atoms with Crippen molar-refractivity contribution in [1.82, 2.24) is 5.32 Å². The van der Waals surface area contributed by atoms with Gasteiger partial charge in [0.2, 0.25) is 0 Å². The predicted octanol–water partition coefficient (Wildman–Crippen LogP) is 0.824. The normalized spacial score (nSPS) is 11.4. The van der Waals surface area contributed by atoms with Gasteiger partial charge in [0.25, 0.3) is 0 Å². The van der Waals surface area contributed by atoms with Crippen LogP contribution in [0.3, 0.4) is 0 Å². The van der Waals surface area contributed by atoms with Gasteiger partial charge in [0.1, 0.15) is 6.61 Å². The van der Waals surface area contributed by atoms with Crippen molar-refractivity contribution in [1.29, 1.82) is 0 Å². The van der Waals surface area contributed by atoms with Gasteiger partial charge < -0.3 is 14.2 Å². The SMILES string of the molecule is C=CC(=O)OC(C)NC(=O)OCCOCC. The predicted molar refractivity (Wildman–Crippen MR) is 56.7 cm³/mol. The molecule has 1 unspecified atom stereocenters. The third-order valence-electron chi connectivity index (χ3n) is 1.45. The number of rotatable bonds is 7. The minimum absolute atomic E-state index is 0.155. The number of carbonyl (C=O) groups is 2. The maximum Gasteiger partial charge on any atom is 0.410 e. The first kappa shape index (κ1) is 14.4. The van der Waals surface area contributed by atoms with Crippen molar-refractivity contribution in [3.63, 3.8) is 0 Å². The number of ether oxygens (including phenoxy) is 3. The summed E-state index contributed by atoms with van der Waals surface area (Å²) in [4.78, 5) is 21.8. The van der Waals surface area contributed by atoms with Gasteiger partial charge in [-0.25, -0.2) is 9.59 Å². The third kappa shape index (κ3) is 7.81. The van der Waals surface area contributed by atoms with Crippen molar-refractivity contribution in [2.75, 3.05) is 19.8 Å². The minimum Gasteiger partial charge on any atom is -0.447 e. The lowest BCUT2D eigenvalue weighted by molar-refractivity contribution is -0.143. The fraction of sp³-hybridized carbons (Fsp3) is 0.600. The van der Waals surface area contributed by atoms with E-state index < -0.39 is 18.3 Å². The average molecular weight is 231 g/mol. The molecule has 6 nitrogen and oxygen atoms in total. The lowest BCUT2D eigenvalue weighted by atomic mass is 10.6. The molecule has 0 saturated carbocycles. The zero-order chi connectivity index (χ0) is 12.4. The molecule has 0 bridgehead atoms. The van der Waals surface area contributed by atoms with Crippen LogP contribution in [0.25, 0.3) is 0 Å². The highest BCUT2D eigenvalue weighted by Crippen LogP contribution is 1.89. The van der Waals surface area contributed by atoms with Crippen molar-refractivity contribution in [3.8, 4) is 0 Å². The number of nitrogens with one attached hydrogen (secondary N) is 1. The monoisotopic (exact) mass is 231 g/mol. The Morgan fingerprint density at radius 2 is 2.12 bits per heavy atom. The van der Waals surface area contributed by atoms with Crippen LogP contribution in [0.2, 0.25) is 0 Å². The highest BCUT2D eigenvalue weighted by atomic mass is 16.6. The zero-order valence-corrected chi connectivity index (χ0v) is 9.52. The molecule has 92 valence electrons. The molecule has 0 spiro atoms. The molecule has 0 fully saturated rings. The van der Waals surface area contributed by atoms with Crippen LogP contribution in [0.5, 0.6) is 0 Å². The smallest absolute Gasteiger partial charge is 0.410 e. The lowest BCUT2D eigenvalue weighted by Gasteiger charge is -2.13. The molecule has 0 aromatic carbocycles. The highest BCUT2D eigenvalue weighted by Gasteiger charge is 2.10. The van der Waals surface area contributed by atoms with Crippen LogP contribution >= 0.6 is 0 Å². The van der Waals surface area contributed by atoms with Crippen molar-refractivity contribution >= 4 is 12.1 Å². The number of amides is 1. The Morgan fingerprint density at radius 3 is 2.69 bits per heavy atom. The summed E-state index contributed by atoms with van der Waals surface area (Å²) in [5.74, 6) is -0.609. The summed E-state index contributed by atoms with van der Waals surface area (Å²) in [5.41, 5.74) is 0. The largest absolute Gasteiger partial charge is 0.447 e. The molecule has 0 rings (SSSR count). The van der Waals surface area contributed by atoms with E-state index in [1.165, 1.54) is 6.92 Å². The van der Waals surface area contributed by atoms with E-state index in [1.54, 1.807) is 0 Å². The van der Waals surface area contributed by atoms with Crippen molar-refractivity contribution in [2.24, 2.45) is 0 Å². The van der Waals surface area contributed by atoms with Gasteiger partial charge in [0.15, 0.2) is 6.23 Å². The maximum atomic E-state index is 11.1. The number of hydrogen-bond acceptors (Lipinski definition) is 5. The number of esters is 1. The van der Waals surface area contributed by atoms with Crippen LogP contribution in [0, 0.1) is 0 Å². The Morgan fingerprint density at radius 1 is 1.44 bits per heavy atom. The quantitative estimate of drug-likeness (QED) is 0.304. The highest BCUT2D eigenvalue weighted by molar-refractivity contribution is 5.81. The molecular weight excluding hydrogens is 214 g/mol. The molecule has 0 aliphatic heterocycles. The number of carbonyl (C=O) groups excluding carboxylic acids is 2. The molecule has 0 aliphatic carbocycles. The van der Waals surface area contributed by atoms with E-state index in [9.17, 15) is 9.59 Å². The van der Waals surface area contributed by atoms with Crippen LogP contribution < -0.4 is 5.32 Å². The van der Waals surface area contributed by atoms with Gasteiger partial charge in [0, 0.05) is 12.7 Å². The van der Waals surface area contributed by atoms with Crippen LogP contribution in [0.15, 0.2) is 12.7 Å². The summed E-state index contributed by atoms with van der Waals surface area (Å²) >= 11 is 0. The second-order valence-electron chi connectivity index (χ2n) is 2.76. The molecule has 0 aromatic rings. The second-order valence-corrected chi connectivity index (χ2v) is 2.76. The van der Waals surface area contributed by atoms with Crippen molar-refractivity contribution in [2.45, 2.75) is 20.1 Å². The molecule has 1 N–H and O–H groups in total. The third-order valence-corrected chi connectivity index (χ3v) is 1.45. The topological polar surface area (TPSA) is 73.9 Å². The minimum atomic E-state index is -0.759. The van der Waals surface area contributed by atoms with Crippen LogP contribution in [0.4, 0.5) is 4.79 Å². The summed E-state index contributed by atoms with van der Waals surface area (Å²) < 4.78 is 14.4. The first-order valence-electron chi connectivity index (χ1n) is 4.94. The standard InChI is InChI=1S/C10H17NO5/c1-4-9(12)16-8(3)11-10(13)15-7-6-14-5-2/h4,8H,1,5-7H2,2-3H3,(H,11,13). The molecule has 0 heterocycles. The van der Waals surface area contributed by atoms with E-state index in [0.29, 0.717) is 13.2 Å². The summed E-state index contributed by atoms with van der Waals surface area (Å²) in [7, 11) is 0. The van der Waals surface area contributed by atoms with Gasteiger partial charge in [-0.2, -0.15) is 0 Å². The summed E-state index contributed by atoms with van der Waals surface area (Å²) in [6.07, 6.45) is -0.410. The van der Waals surface area contributed by atoms with Crippen LogP contribution in [0.1, 0.15) is 13.8 Å². The number of hydrogen-bond donors (Lipinski definition) is 1. The van der Waals surface area contributed by atoms with Gasteiger partial charge in [0.05, 0.1) is 6.61 Å². The van der Waals surface area contributed by atoms with E-state index in [2.05, 4.69) is 11.9 Å². The molecule has 0 saturated heterocycles. The van der Waals surface area contributed by atoms with Gasteiger partial charge >= 0.3 is 12.1 Å². The Bertz CT molecular complexity index is 241. The molecule has 6 heteroatoms. The second kappa shape index (κ2) is 8.72. The Balaban J connectivity index is 3.61. The van der Waals surface area contributed by atoms with Gasteiger partial charge in [-0.1, -0.05) is 6.58 Å². The van der Waals surface area contributed by atoms with E-state index in [1.807, 2.05) is 6.92 Å². The molecule has 0 aliphatic rings. The Labute approximate surface area is 94.5 Å². The average Bonchev–Trinajstić information content (AvgIpc) is 2.24. The molecule has 1 amide bonds. The first-order valence-corrected chi connectivity index (χ1v) is 4.94. The molecular formula is C10H17NO5. The fourth-order valence-electron chi connectivity index (χ4n) is 0.797. The first-order chi connectivity index (χ1) is 7.60. The van der Waals surface area contributed by atoms with Crippen LogP contribution in [-0.2, 0) is 19.0 Å². The van der Waals surface area contributed by atoms with Gasteiger partial charge in [-0.05, 0) is 13.8 Å². The van der Waals surface area contributed by atoms with Crippen LogP contribution in [-0.4, -0.2) is 38.1 Å². The van der Waals surface area contributed by atoms with E-state index >= 15 is 0 Å². The van der Waals surface area contributed by atoms with Gasteiger partial charge in [-0.3, -0.25) is 5.32 Å². The van der Waals surface area contributed by atoms with Gasteiger partial charge in [-0.15, -0.1) is 0 Å². The Kier molecular flexibility index (Phi) is 7.87. The molecule has 0 radical (unpaired) electrons. The Hall–Kier alpha value is -1.56. The van der Waals surface area contributed by atoms with E-state index in [0.717, 1.165) is 6.08 Å². The van der Waals surface area contributed by atoms with E-state index in [-0.39, 0.29) is 6.61 Å². The zero-order valence-electron chi connectivity index (χ0n) is 9.52. The van der Waals surface area contributed by atoms with Crippen molar-refractivity contribution in [3.05, 3.63) is 12.7 Å². The molecule has 16 heavy (non-hydrogen) atoms. The maximum absolute atomic E-state index is 11.1. The summed E-state index contributed by atoms with van der Waals surface area (Å²) in [6.45, 7) is 7.64. The molecule has 1 atom stereocenters. The van der Waals surface area contributed by atoms with Crippen molar-refractivity contribution < 1.29 is 23.8 Å². The summed E-state index contributed by atoms with van der Waals surface area (Å²) in [5, 5.41) is 2.31.